The smallest absolute Gasteiger partial charge is 0.490 e. The molecule has 3 rings (SSSR count). The van der Waals surface area contributed by atoms with Crippen molar-refractivity contribution >= 4 is 12.6 Å². The lowest BCUT2D eigenvalue weighted by molar-refractivity contribution is 0.00578. The Hall–Kier alpha value is -0.995. The third-order valence-electron chi connectivity index (χ3n) is 5.01. The lowest BCUT2D eigenvalue weighted by Gasteiger charge is -2.32. The predicted octanol–water partition coefficient (Wildman–Crippen LogP) is 3.16. The average molecular weight is 288 g/mol. The average Bonchev–Trinajstić information content (AvgIpc) is 3.19. The maximum atomic E-state index is 6.06. The molecule has 114 valence electrons. The monoisotopic (exact) mass is 288 g/mol. The minimum absolute atomic E-state index is 0.298. The van der Waals surface area contributed by atoms with Crippen LogP contribution in [0.15, 0.2) is 24.3 Å². The van der Waals surface area contributed by atoms with Gasteiger partial charge in [-0.15, -0.1) is 0 Å². The predicted molar refractivity (Wildman–Crippen MR) is 85.0 cm³/mol. The van der Waals surface area contributed by atoms with E-state index >= 15 is 0 Å². The molecule has 2 fully saturated rings. The normalized spacial score (nSPS) is 24.9. The maximum absolute atomic E-state index is 6.06. The van der Waals surface area contributed by atoms with Crippen LogP contribution in [-0.4, -0.2) is 24.4 Å². The van der Waals surface area contributed by atoms with Gasteiger partial charge in [-0.3, -0.25) is 0 Å². The van der Waals surface area contributed by atoms with Crippen LogP contribution in [0.25, 0.3) is 0 Å². The molecule has 2 aliphatic rings. The van der Waals surface area contributed by atoms with Gasteiger partial charge in [0, 0.05) is 0 Å². The van der Waals surface area contributed by atoms with Gasteiger partial charge in [-0.05, 0) is 71.0 Å². The van der Waals surface area contributed by atoms with E-state index in [1.165, 1.54) is 12.8 Å². The van der Waals surface area contributed by atoms with E-state index in [2.05, 4.69) is 34.6 Å². The van der Waals surface area contributed by atoms with Crippen LogP contribution < -0.4 is 10.2 Å². The molecule has 1 aliphatic carbocycles. The number of benzene rings is 1. The summed E-state index contributed by atoms with van der Waals surface area (Å²) in [5.41, 5.74) is 0.445. The molecule has 4 heteroatoms. The van der Waals surface area contributed by atoms with Crippen molar-refractivity contribution in [1.82, 2.24) is 0 Å². The summed E-state index contributed by atoms with van der Waals surface area (Å²) in [6.45, 7) is 10.4. The van der Waals surface area contributed by atoms with E-state index in [1.54, 1.807) is 0 Å². The van der Waals surface area contributed by atoms with E-state index < -0.39 is 0 Å². The zero-order chi connectivity index (χ0) is 15.3. The Bertz CT molecular complexity index is 489. The fraction of sp³-hybridized carbons (Fsp3) is 0.647. The Balaban J connectivity index is 1.67. The van der Waals surface area contributed by atoms with Gasteiger partial charge < -0.3 is 14.0 Å². The molecule has 21 heavy (non-hydrogen) atoms. The van der Waals surface area contributed by atoms with Gasteiger partial charge >= 0.3 is 7.12 Å². The first-order valence-corrected chi connectivity index (χ1v) is 7.91. The Morgan fingerprint density at radius 2 is 1.57 bits per heavy atom. The van der Waals surface area contributed by atoms with Crippen LogP contribution >= 0.6 is 0 Å². The summed E-state index contributed by atoms with van der Waals surface area (Å²) >= 11 is 0. The molecule has 3 nitrogen and oxygen atoms in total. The van der Waals surface area contributed by atoms with Crippen LogP contribution in [0.4, 0.5) is 0 Å². The van der Waals surface area contributed by atoms with Crippen LogP contribution in [0.3, 0.4) is 0 Å². The maximum Gasteiger partial charge on any atom is 0.494 e. The zero-order valence-corrected chi connectivity index (χ0v) is 13.7. The quantitative estimate of drug-likeness (QED) is 0.796. The lowest BCUT2D eigenvalue weighted by Crippen LogP contribution is -2.41. The molecule has 0 unspecified atom stereocenters. The van der Waals surface area contributed by atoms with Crippen LogP contribution in [0, 0.1) is 5.92 Å². The van der Waals surface area contributed by atoms with Gasteiger partial charge in [-0.1, -0.05) is 12.1 Å². The first kappa shape index (κ1) is 14.9. The van der Waals surface area contributed by atoms with Crippen LogP contribution in [0.5, 0.6) is 5.75 Å². The fourth-order valence-electron chi connectivity index (χ4n) is 2.56. The van der Waals surface area contributed by atoms with Gasteiger partial charge in [0.25, 0.3) is 0 Å². The standard InChI is InChI=1S/C17H25BO3/c1-12(13-6-7-13)19-15-10-8-14(9-11-15)18-20-16(2,3)17(4,5)21-18/h8-13H,6-7H2,1-5H3/t12-/m1/s1. The van der Waals surface area contributed by atoms with E-state index in [0.29, 0.717) is 6.10 Å². The minimum atomic E-state index is -0.301. The summed E-state index contributed by atoms with van der Waals surface area (Å²) in [5.74, 6) is 1.67. The van der Waals surface area contributed by atoms with Gasteiger partial charge in [0.1, 0.15) is 5.75 Å². The van der Waals surface area contributed by atoms with E-state index in [1.807, 2.05) is 24.3 Å². The molecular formula is C17H25BO3. The number of rotatable bonds is 4. The van der Waals surface area contributed by atoms with Crippen molar-refractivity contribution in [3.63, 3.8) is 0 Å². The minimum Gasteiger partial charge on any atom is -0.490 e. The van der Waals surface area contributed by atoms with Crippen molar-refractivity contribution in [1.29, 1.82) is 0 Å². The zero-order valence-electron chi connectivity index (χ0n) is 13.7. The van der Waals surface area contributed by atoms with Gasteiger partial charge in [-0.25, -0.2) is 0 Å². The second-order valence-electron chi connectivity index (χ2n) is 7.32. The SMILES string of the molecule is C[C@@H](Oc1ccc(B2OC(C)(C)C(C)(C)O2)cc1)C1CC1. The summed E-state index contributed by atoms with van der Waals surface area (Å²) in [6, 6.07) is 8.10. The molecule has 0 radical (unpaired) electrons. The molecule has 0 N–H and O–H groups in total. The molecule has 1 aromatic rings. The van der Waals surface area contributed by atoms with E-state index in [9.17, 15) is 0 Å². The molecule has 0 aromatic heterocycles. The van der Waals surface area contributed by atoms with Gasteiger partial charge in [0.05, 0.1) is 17.3 Å². The summed E-state index contributed by atoms with van der Waals surface area (Å²) in [7, 11) is -0.301. The van der Waals surface area contributed by atoms with Gasteiger partial charge in [-0.2, -0.15) is 0 Å². The number of hydrogen-bond acceptors (Lipinski definition) is 3. The highest BCUT2D eigenvalue weighted by Crippen LogP contribution is 2.37. The van der Waals surface area contributed by atoms with E-state index in [-0.39, 0.29) is 18.3 Å². The summed E-state index contributed by atoms with van der Waals surface area (Å²) in [4.78, 5) is 0. The molecule has 1 aliphatic heterocycles. The molecule has 1 heterocycles. The van der Waals surface area contributed by atoms with Gasteiger partial charge in [0.15, 0.2) is 0 Å². The molecular weight excluding hydrogens is 263 g/mol. The van der Waals surface area contributed by atoms with Crippen molar-refractivity contribution in [3.05, 3.63) is 24.3 Å². The number of ether oxygens (including phenoxy) is 1. The third-order valence-corrected chi connectivity index (χ3v) is 5.01. The Morgan fingerprint density at radius 3 is 2.05 bits per heavy atom. The summed E-state index contributed by atoms with van der Waals surface area (Å²) in [5, 5.41) is 0. The van der Waals surface area contributed by atoms with Crippen molar-refractivity contribution in [2.75, 3.05) is 0 Å². The highest BCUT2D eigenvalue weighted by Gasteiger charge is 2.51. The Morgan fingerprint density at radius 1 is 1.05 bits per heavy atom. The van der Waals surface area contributed by atoms with Crippen molar-refractivity contribution in [2.24, 2.45) is 5.92 Å². The third kappa shape index (κ3) is 2.97. The van der Waals surface area contributed by atoms with E-state index in [0.717, 1.165) is 17.1 Å². The Labute approximate surface area is 128 Å². The lowest BCUT2D eigenvalue weighted by atomic mass is 9.79. The van der Waals surface area contributed by atoms with Gasteiger partial charge in [0.2, 0.25) is 0 Å². The molecule has 1 atom stereocenters. The molecule has 0 spiro atoms. The largest absolute Gasteiger partial charge is 0.494 e. The molecule has 0 amide bonds. The second kappa shape index (κ2) is 5.03. The van der Waals surface area contributed by atoms with Crippen LogP contribution in [0.1, 0.15) is 47.5 Å². The number of hydrogen-bond donors (Lipinski definition) is 0. The molecule has 1 saturated heterocycles. The van der Waals surface area contributed by atoms with Crippen molar-refractivity contribution in [2.45, 2.75) is 64.8 Å². The topological polar surface area (TPSA) is 27.7 Å². The summed E-state index contributed by atoms with van der Waals surface area (Å²) < 4.78 is 18.1. The van der Waals surface area contributed by atoms with Crippen LogP contribution in [0.2, 0.25) is 0 Å². The molecule has 1 aromatic carbocycles. The van der Waals surface area contributed by atoms with Crippen molar-refractivity contribution in [3.8, 4) is 5.75 Å². The molecule has 0 bridgehead atoms. The fourth-order valence-corrected chi connectivity index (χ4v) is 2.56. The first-order valence-electron chi connectivity index (χ1n) is 7.91. The highest BCUT2D eigenvalue weighted by molar-refractivity contribution is 6.62. The summed E-state index contributed by atoms with van der Waals surface area (Å²) in [6.07, 6.45) is 2.91. The second-order valence-corrected chi connectivity index (χ2v) is 7.32. The van der Waals surface area contributed by atoms with E-state index in [4.69, 9.17) is 14.0 Å². The van der Waals surface area contributed by atoms with Crippen molar-refractivity contribution < 1.29 is 14.0 Å². The molecule has 1 saturated carbocycles. The van der Waals surface area contributed by atoms with Crippen LogP contribution in [-0.2, 0) is 9.31 Å². The first-order chi connectivity index (χ1) is 9.78. The highest BCUT2D eigenvalue weighted by atomic mass is 16.7. The Kier molecular flexibility index (Phi) is 3.57.